The van der Waals surface area contributed by atoms with Gasteiger partial charge >= 0.3 is 12.1 Å². The van der Waals surface area contributed by atoms with Crippen LogP contribution < -0.4 is 0 Å². The van der Waals surface area contributed by atoms with Gasteiger partial charge in [-0.15, -0.1) is 0 Å². The predicted molar refractivity (Wildman–Crippen MR) is 52.1 cm³/mol. The Bertz CT molecular complexity index is 251. The summed E-state index contributed by atoms with van der Waals surface area (Å²) in [6.07, 6.45) is -2.56. The average molecular weight is 239 g/mol. The number of rotatable bonds is 6. The van der Waals surface area contributed by atoms with E-state index in [2.05, 4.69) is 0 Å². The summed E-state index contributed by atoms with van der Waals surface area (Å²) in [5.41, 5.74) is 0. The van der Waals surface area contributed by atoms with Crippen LogP contribution in [0, 0.1) is 0 Å². The first-order chi connectivity index (χ1) is 7.33. The van der Waals surface area contributed by atoms with E-state index in [0.717, 1.165) is 12.8 Å². The molecule has 0 aliphatic heterocycles. The lowest BCUT2D eigenvalue weighted by atomic mass is 10.1. The van der Waals surface area contributed by atoms with E-state index in [0.29, 0.717) is 6.42 Å². The first-order valence-corrected chi connectivity index (χ1v) is 5.37. The summed E-state index contributed by atoms with van der Waals surface area (Å²) in [6, 6.07) is -0.586. The molecule has 0 radical (unpaired) electrons. The molecule has 1 saturated carbocycles. The first-order valence-electron chi connectivity index (χ1n) is 5.37. The first kappa shape index (κ1) is 13.3. The third-order valence-electron chi connectivity index (χ3n) is 2.73. The predicted octanol–water partition coefficient (Wildman–Crippen LogP) is 2.27. The minimum atomic E-state index is -4.26. The highest BCUT2D eigenvalue weighted by Crippen LogP contribution is 2.33. The summed E-state index contributed by atoms with van der Waals surface area (Å²) < 4.78 is 37.0. The van der Waals surface area contributed by atoms with Crippen LogP contribution in [0.25, 0.3) is 0 Å². The van der Waals surface area contributed by atoms with Crippen LogP contribution in [0.5, 0.6) is 0 Å². The van der Waals surface area contributed by atoms with Gasteiger partial charge in [0.2, 0.25) is 0 Å². The second kappa shape index (κ2) is 5.03. The maximum absolute atomic E-state index is 12.3. The van der Waals surface area contributed by atoms with Gasteiger partial charge in [-0.1, -0.05) is 6.92 Å². The van der Waals surface area contributed by atoms with Gasteiger partial charge in [0.15, 0.2) is 0 Å². The Balaban J connectivity index is 2.62. The van der Waals surface area contributed by atoms with Crippen molar-refractivity contribution in [1.82, 2.24) is 4.90 Å². The van der Waals surface area contributed by atoms with Gasteiger partial charge in [0, 0.05) is 12.1 Å². The van der Waals surface area contributed by atoms with Gasteiger partial charge in [-0.3, -0.25) is 9.69 Å². The van der Waals surface area contributed by atoms with E-state index in [1.807, 2.05) is 0 Å². The van der Waals surface area contributed by atoms with E-state index in [1.54, 1.807) is 6.92 Å². The number of carboxylic acids is 1. The molecule has 0 amide bonds. The molecule has 1 rings (SSSR count). The molecule has 1 aliphatic rings. The van der Waals surface area contributed by atoms with Crippen molar-refractivity contribution in [3.63, 3.8) is 0 Å². The summed E-state index contributed by atoms with van der Waals surface area (Å²) in [5, 5.41) is 8.66. The summed E-state index contributed by atoms with van der Waals surface area (Å²) in [4.78, 5) is 11.9. The standard InChI is InChI=1S/C10H16F3NO2/c1-2-7(5-9(15)16)14(8-3-4-8)6-10(11,12)13/h7-8H,2-6H2,1H3,(H,15,16). The van der Waals surface area contributed by atoms with Crippen LogP contribution in [0.1, 0.15) is 32.6 Å². The van der Waals surface area contributed by atoms with Crippen LogP contribution in [0.2, 0.25) is 0 Å². The third kappa shape index (κ3) is 4.38. The molecule has 0 saturated heterocycles. The van der Waals surface area contributed by atoms with Gasteiger partial charge in [-0.25, -0.2) is 0 Å². The smallest absolute Gasteiger partial charge is 0.401 e. The molecule has 1 atom stereocenters. The molecule has 0 aromatic heterocycles. The maximum atomic E-state index is 12.3. The summed E-state index contributed by atoms with van der Waals surface area (Å²) >= 11 is 0. The SMILES string of the molecule is CCC(CC(=O)O)N(CC(F)(F)F)C1CC1. The number of halogens is 3. The normalized spacial score (nSPS) is 18.8. The highest BCUT2D eigenvalue weighted by atomic mass is 19.4. The van der Waals surface area contributed by atoms with Crippen molar-refractivity contribution >= 4 is 5.97 Å². The number of carbonyl (C=O) groups is 1. The van der Waals surface area contributed by atoms with Crippen LogP contribution in [0.15, 0.2) is 0 Å². The lowest BCUT2D eigenvalue weighted by Crippen LogP contribution is -2.44. The number of hydrogen-bond donors (Lipinski definition) is 1. The van der Waals surface area contributed by atoms with Crippen molar-refractivity contribution in [2.24, 2.45) is 0 Å². The Labute approximate surface area is 92.2 Å². The van der Waals surface area contributed by atoms with Gasteiger partial charge in [0.05, 0.1) is 13.0 Å². The van der Waals surface area contributed by atoms with Crippen molar-refractivity contribution in [2.45, 2.75) is 50.9 Å². The Morgan fingerprint density at radius 3 is 2.38 bits per heavy atom. The van der Waals surface area contributed by atoms with Crippen LogP contribution in [-0.4, -0.2) is 40.8 Å². The quantitative estimate of drug-likeness (QED) is 0.773. The lowest BCUT2D eigenvalue weighted by Gasteiger charge is -2.30. The maximum Gasteiger partial charge on any atom is 0.401 e. The van der Waals surface area contributed by atoms with Gasteiger partial charge in [-0.05, 0) is 19.3 Å². The van der Waals surface area contributed by atoms with E-state index < -0.39 is 24.7 Å². The van der Waals surface area contributed by atoms with E-state index in [1.165, 1.54) is 4.90 Å². The molecule has 0 aromatic rings. The van der Waals surface area contributed by atoms with E-state index in [9.17, 15) is 18.0 Å². The minimum absolute atomic E-state index is 0.0778. The third-order valence-corrected chi connectivity index (χ3v) is 2.73. The molecule has 0 heterocycles. The van der Waals surface area contributed by atoms with Crippen molar-refractivity contribution in [2.75, 3.05) is 6.54 Å². The van der Waals surface area contributed by atoms with Crippen molar-refractivity contribution < 1.29 is 23.1 Å². The highest BCUT2D eigenvalue weighted by molar-refractivity contribution is 5.67. The van der Waals surface area contributed by atoms with Gasteiger partial charge in [0.1, 0.15) is 0 Å². The molecule has 16 heavy (non-hydrogen) atoms. The zero-order chi connectivity index (χ0) is 12.3. The van der Waals surface area contributed by atoms with Crippen molar-refractivity contribution in [1.29, 1.82) is 0 Å². The molecule has 0 aromatic carbocycles. The Hall–Kier alpha value is -0.780. The minimum Gasteiger partial charge on any atom is -0.481 e. The second-order valence-corrected chi connectivity index (χ2v) is 4.18. The molecule has 0 spiro atoms. The highest BCUT2D eigenvalue weighted by Gasteiger charge is 2.41. The molecule has 1 aliphatic carbocycles. The molecular formula is C10H16F3NO2. The van der Waals surface area contributed by atoms with Crippen LogP contribution in [-0.2, 0) is 4.79 Å². The van der Waals surface area contributed by atoms with Gasteiger partial charge < -0.3 is 5.11 Å². The summed E-state index contributed by atoms with van der Waals surface area (Å²) in [5.74, 6) is -1.04. The van der Waals surface area contributed by atoms with Gasteiger partial charge in [-0.2, -0.15) is 13.2 Å². The number of nitrogens with zero attached hydrogens (tertiary/aromatic N) is 1. The molecule has 3 nitrogen and oxygen atoms in total. The fourth-order valence-corrected chi connectivity index (χ4v) is 1.87. The zero-order valence-electron chi connectivity index (χ0n) is 9.13. The number of carboxylic acid groups (broad SMARTS) is 1. The van der Waals surface area contributed by atoms with Crippen molar-refractivity contribution in [3.05, 3.63) is 0 Å². The van der Waals surface area contributed by atoms with Crippen molar-refractivity contribution in [3.8, 4) is 0 Å². The Morgan fingerprint density at radius 1 is 1.50 bits per heavy atom. The molecular weight excluding hydrogens is 223 g/mol. The Kier molecular flexibility index (Phi) is 4.18. The average Bonchev–Trinajstić information content (AvgIpc) is 2.91. The number of hydrogen-bond acceptors (Lipinski definition) is 2. The molecule has 1 fully saturated rings. The second-order valence-electron chi connectivity index (χ2n) is 4.18. The molecule has 94 valence electrons. The van der Waals surface area contributed by atoms with Crippen LogP contribution in [0.4, 0.5) is 13.2 Å². The van der Waals surface area contributed by atoms with Crippen LogP contribution >= 0.6 is 0 Å². The zero-order valence-corrected chi connectivity index (χ0v) is 9.13. The molecule has 1 unspecified atom stereocenters. The topological polar surface area (TPSA) is 40.5 Å². The van der Waals surface area contributed by atoms with Gasteiger partial charge in [0.25, 0.3) is 0 Å². The summed E-state index contributed by atoms with van der Waals surface area (Å²) in [6.45, 7) is 0.725. The molecule has 0 bridgehead atoms. The monoisotopic (exact) mass is 239 g/mol. The fourth-order valence-electron chi connectivity index (χ4n) is 1.87. The Morgan fingerprint density at radius 2 is 2.06 bits per heavy atom. The number of alkyl halides is 3. The molecule has 6 heteroatoms. The van der Waals surface area contributed by atoms with Crippen LogP contribution in [0.3, 0.4) is 0 Å². The summed E-state index contributed by atoms with van der Waals surface area (Å²) in [7, 11) is 0. The van der Waals surface area contributed by atoms with E-state index >= 15 is 0 Å². The fraction of sp³-hybridized carbons (Fsp3) is 0.900. The lowest BCUT2D eigenvalue weighted by molar-refractivity contribution is -0.156. The molecule has 1 N–H and O–H groups in total. The van der Waals surface area contributed by atoms with E-state index in [4.69, 9.17) is 5.11 Å². The largest absolute Gasteiger partial charge is 0.481 e. The number of aliphatic carboxylic acids is 1. The van der Waals surface area contributed by atoms with E-state index in [-0.39, 0.29) is 12.5 Å².